The van der Waals surface area contributed by atoms with Crippen LogP contribution >= 0.6 is 0 Å². The molecular formula is C12H12N6O. The highest BCUT2D eigenvalue weighted by molar-refractivity contribution is 5.42. The van der Waals surface area contributed by atoms with E-state index >= 15 is 0 Å². The maximum Gasteiger partial charge on any atom is 0.269 e. The third kappa shape index (κ3) is 2.23. The van der Waals surface area contributed by atoms with Gasteiger partial charge in [0.1, 0.15) is 6.04 Å². The highest BCUT2D eigenvalue weighted by Gasteiger charge is 2.20. The lowest BCUT2D eigenvalue weighted by Gasteiger charge is -2.11. The molecule has 1 unspecified atom stereocenters. The van der Waals surface area contributed by atoms with Crippen LogP contribution in [0.25, 0.3) is 11.6 Å². The van der Waals surface area contributed by atoms with Gasteiger partial charge in [-0.25, -0.2) is 0 Å². The summed E-state index contributed by atoms with van der Waals surface area (Å²) in [7, 11) is 1.84. The molecule has 0 amide bonds. The smallest absolute Gasteiger partial charge is 0.269 e. The summed E-state index contributed by atoms with van der Waals surface area (Å²) in [5.74, 6) is 0.839. The first-order valence-corrected chi connectivity index (χ1v) is 5.80. The minimum absolute atomic E-state index is 0.144. The molecule has 2 N–H and O–H groups in total. The van der Waals surface area contributed by atoms with E-state index in [0.29, 0.717) is 17.5 Å². The maximum absolute atomic E-state index is 5.63. The van der Waals surface area contributed by atoms with Gasteiger partial charge in [-0.1, -0.05) is 30.3 Å². The van der Waals surface area contributed by atoms with E-state index in [1.807, 2.05) is 37.4 Å². The van der Waals surface area contributed by atoms with Crippen molar-refractivity contribution in [1.29, 1.82) is 0 Å². The van der Waals surface area contributed by atoms with Crippen molar-refractivity contribution >= 4 is 0 Å². The monoisotopic (exact) mass is 256 g/mol. The van der Waals surface area contributed by atoms with Crippen LogP contribution in [0, 0.1) is 0 Å². The summed E-state index contributed by atoms with van der Waals surface area (Å²) in [6.45, 7) is 0. The number of H-pyrrole nitrogens is 1. The zero-order chi connectivity index (χ0) is 13.1. The molecule has 0 aliphatic rings. The Labute approximate surface area is 109 Å². The second kappa shape index (κ2) is 4.99. The average molecular weight is 256 g/mol. The van der Waals surface area contributed by atoms with Crippen molar-refractivity contribution in [3.8, 4) is 11.6 Å². The van der Waals surface area contributed by atoms with E-state index in [2.05, 4.69) is 30.9 Å². The molecule has 3 rings (SSSR count). The number of benzene rings is 1. The SMILES string of the molecule is CNC(c1ccccc1)c1nnc(-c2cn[nH]n2)o1. The summed E-state index contributed by atoms with van der Waals surface area (Å²) in [6.07, 6.45) is 1.54. The van der Waals surface area contributed by atoms with Gasteiger partial charge in [0.05, 0.1) is 6.20 Å². The first kappa shape index (κ1) is 11.5. The second-order valence-electron chi connectivity index (χ2n) is 3.93. The Morgan fingerprint density at radius 2 is 2.05 bits per heavy atom. The predicted molar refractivity (Wildman–Crippen MR) is 67.0 cm³/mol. The molecule has 0 radical (unpaired) electrons. The molecule has 0 spiro atoms. The van der Waals surface area contributed by atoms with Crippen molar-refractivity contribution in [2.45, 2.75) is 6.04 Å². The van der Waals surface area contributed by atoms with Crippen molar-refractivity contribution in [2.24, 2.45) is 0 Å². The molecule has 1 atom stereocenters. The highest BCUT2D eigenvalue weighted by atomic mass is 16.4. The molecule has 0 bridgehead atoms. The van der Waals surface area contributed by atoms with Gasteiger partial charge < -0.3 is 9.73 Å². The first-order chi connectivity index (χ1) is 9.38. The third-order valence-corrected chi connectivity index (χ3v) is 2.74. The van der Waals surface area contributed by atoms with Crippen LogP contribution in [0.2, 0.25) is 0 Å². The number of nitrogens with zero attached hydrogens (tertiary/aromatic N) is 4. The lowest BCUT2D eigenvalue weighted by atomic mass is 10.1. The standard InChI is InChI=1S/C12H12N6O/c1-13-10(8-5-3-2-4-6-8)12-17-16-11(19-12)9-7-14-18-15-9/h2-7,10,13H,1H3,(H,14,15,18). The van der Waals surface area contributed by atoms with Crippen LogP contribution in [0.1, 0.15) is 17.5 Å². The Balaban J connectivity index is 1.93. The van der Waals surface area contributed by atoms with Crippen molar-refractivity contribution in [1.82, 2.24) is 30.9 Å². The molecule has 0 fully saturated rings. The fraction of sp³-hybridized carbons (Fsp3) is 0.167. The number of rotatable bonds is 4. The van der Waals surface area contributed by atoms with E-state index in [-0.39, 0.29) is 6.04 Å². The lowest BCUT2D eigenvalue weighted by molar-refractivity contribution is 0.455. The fourth-order valence-corrected chi connectivity index (χ4v) is 1.84. The van der Waals surface area contributed by atoms with E-state index < -0.39 is 0 Å². The molecule has 2 heterocycles. The van der Waals surface area contributed by atoms with Crippen molar-refractivity contribution in [3.63, 3.8) is 0 Å². The van der Waals surface area contributed by atoms with E-state index in [0.717, 1.165) is 5.56 Å². The van der Waals surface area contributed by atoms with Crippen LogP contribution in [-0.4, -0.2) is 32.7 Å². The van der Waals surface area contributed by atoms with E-state index in [4.69, 9.17) is 4.42 Å². The molecule has 0 aliphatic heterocycles. The Bertz CT molecular complexity index is 633. The summed E-state index contributed by atoms with van der Waals surface area (Å²) >= 11 is 0. The molecule has 1 aromatic carbocycles. The summed E-state index contributed by atoms with van der Waals surface area (Å²) < 4.78 is 5.63. The van der Waals surface area contributed by atoms with E-state index in [1.54, 1.807) is 0 Å². The number of aromatic nitrogens is 5. The van der Waals surface area contributed by atoms with Crippen LogP contribution in [0.15, 0.2) is 40.9 Å². The molecule has 7 nitrogen and oxygen atoms in total. The zero-order valence-electron chi connectivity index (χ0n) is 10.2. The predicted octanol–water partition coefficient (Wildman–Crippen LogP) is 1.16. The third-order valence-electron chi connectivity index (χ3n) is 2.74. The fourth-order valence-electron chi connectivity index (χ4n) is 1.84. The van der Waals surface area contributed by atoms with Gasteiger partial charge in [-0.2, -0.15) is 15.4 Å². The van der Waals surface area contributed by atoms with Crippen molar-refractivity contribution in [3.05, 3.63) is 48.0 Å². The van der Waals surface area contributed by atoms with E-state index in [1.165, 1.54) is 6.20 Å². The lowest BCUT2D eigenvalue weighted by Crippen LogP contribution is -2.17. The summed E-state index contributed by atoms with van der Waals surface area (Å²) in [5, 5.41) is 21.3. The van der Waals surface area contributed by atoms with Crippen LogP contribution < -0.4 is 5.32 Å². The highest BCUT2D eigenvalue weighted by Crippen LogP contribution is 2.23. The van der Waals surface area contributed by atoms with Crippen LogP contribution in [0.4, 0.5) is 0 Å². The molecule has 0 saturated carbocycles. The van der Waals surface area contributed by atoms with Gasteiger partial charge in [0.15, 0.2) is 5.69 Å². The molecule has 3 aromatic rings. The van der Waals surface area contributed by atoms with Crippen molar-refractivity contribution in [2.75, 3.05) is 7.05 Å². The summed E-state index contributed by atoms with van der Waals surface area (Å²) in [5.41, 5.74) is 1.59. The number of nitrogens with one attached hydrogen (secondary N) is 2. The Hall–Kier alpha value is -2.54. The van der Waals surface area contributed by atoms with Gasteiger partial charge in [-0.3, -0.25) is 0 Å². The van der Waals surface area contributed by atoms with E-state index in [9.17, 15) is 0 Å². The first-order valence-electron chi connectivity index (χ1n) is 5.80. The van der Waals surface area contributed by atoms with Crippen LogP contribution in [0.3, 0.4) is 0 Å². The van der Waals surface area contributed by atoms with Gasteiger partial charge in [-0.05, 0) is 12.6 Å². The molecule has 2 aromatic heterocycles. The van der Waals surface area contributed by atoms with Gasteiger partial charge in [0.2, 0.25) is 5.89 Å². The largest absolute Gasteiger partial charge is 0.417 e. The topological polar surface area (TPSA) is 92.5 Å². The molecule has 19 heavy (non-hydrogen) atoms. The van der Waals surface area contributed by atoms with Gasteiger partial charge in [0.25, 0.3) is 5.89 Å². The summed E-state index contributed by atoms with van der Waals surface area (Å²) in [6, 6.07) is 9.75. The molecule has 7 heteroatoms. The minimum Gasteiger partial charge on any atom is -0.417 e. The second-order valence-corrected chi connectivity index (χ2v) is 3.93. The summed E-state index contributed by atoms with van der Waals surface area (Å²) in [4.78, 5) is 0. The zero-order valence-corrected chi connectivity index (χ0v) is 10.2. The minimum atomic E-state index is -0.144. The van der Waals surface area contributed by atoms with Crippen LogP contribution in [-0.2, 0) is 0 Å². The van der Waals surface area contributed by atoms with Gasteiger partial charge in [-0.15, -0.1) is 10.2 Å². The molecule has 0 saturated heterocycles. The number of aromatic amines is 1. The van der Waals surface area contributed by atoms with Crippen LogP contribution in [0.5, 0.6) is 0 Å². The van der Waals surface area contributed by atoms with Gasteiger partial charge in [0, 0.05) is 0 Å². The Morgan fingerprint density at radius 3 is 2.74 bits per heavy atom. The number of hydrogen-bond donors (Lipinski definition) is 2. The molecular weight excluding hydrogens is 244 g/mol. The maximum atomic E-state index is 5.63. The Morgan fingerprint density at radius 1 is 1.21 bits per heavy atom. The molecule has 96 valence electrons. The average Bonchev–Trinajstić information content (AvgIpc) is 3.11. The molecule has 0 aliphatic carbocycles. The normalized spacial score (nSPS) is 12.5. The Kier molecular flexibility index (Phi) is 3.03. The number of hydrogen-bond acceptors (Lipinski definition) is 6. The van der Waals surface area contributed by atoms with Crippen molar-refractivity contribution < 1.29 is 4.42 Å². The van der Waals surface area contributed by atoms with Gasteiger partial charge >= 0.3 is 0 Å². The quantitative estimate of drug-likeness (QED) is 0.727.